The Balaban J connectivity index is 2.07. The fourth-order valence-electron chi connectivity index (χ4n) is 1.27. The van der Waals surface area contributed by atoms with Crippen LogP contribution in [0.5, 0.6) is 0 Å². The second-order valence-electron chi connectivity index (χ2n) is 3.46. The number of aromatic nitrogens is 1. The van der Waals surface area contributed by atoms with E-state index in [0.717, 1.165) is 10.0 Å². The maximum absolute atomic E-state index is 13.6. The molecule has 1 heterocycles. The van der Waals surface area contributed by atoms with Gasteiger partial charge in [-0.05, 0) is 24.6 Å². The van der Waals surface area contributed by atoms with Crippen LogP contribution in [0.2, 0.25) is 0 Å². The molecule has 0 spiro atoms. The zero-order valence-corrected chi connectivity index (χ0v) is 10.7. The normalized spacial score (nSPS) is 10.2. The Labute approximate surface area is 107 Å². The summed E-state index contributed by atoms with van der Waals surface area (Å²) in [5.41, 5.74) is 1.93. The average molecular weight is 264 g/mol. The zero-order chi connectivity index (χ0) is 12.3. The zero-order valence-electron chi connectivity index (χ0n) is 9.11. The Morgan fingerprint density at radius 1 is 1.53 bits per heavy atom. The third kappa shape index (κ3) is 3.05. The monoisotopic (exact) mass is 264 g/mol. The average Bonchev–Trinajstić information content (AvgIpc) is 2.73. The van der Waals surface area contributed by atoms with Gasteiger partial charge >= 0.3 is 0 Å². The van der Waals surface area contributed by atoms with E-state index in [0.29, 0.717) is 16.9 Å². The molecule has 0 aliphatic carbocycles. The number of thioether (sulfide) groups is 1. The third-order valence-corrected chi connectivity index (χ3v) is 4.32. The number of nitrogens with zero attached hydrogens (tertiary/aromatic N) is 2. The molecule has 0 aliphatic heterocycles. The van der Waals surface area contributed by atoms with E-state index in [1.807, 2.05) is 18.4 Å². The summed E-state index contributed by atoms with van der Waals surface area (Å²) >= 11 is 3.07. The van der Waals surface area contributed by atoms with Crippen LogP contribution >= 0.6 is 23.1 Å². The van der Waals surface area contributed by atoms with Crippen LogP contribution in [0.15, 0.2) is 27.9 Å². The standard InChI is InChI=1S/C12H9FN2S2/c1-8-6-16-12(15-8)17-7-10-3-2-9(5-14)4-11(10)13/h2-4,6H,7H2,1H3. The van der Waals surface area contributed by atoms with Crippen molar-refractivity contribution in [1.82, 2.24) is 4.98 Å². The number of rotatable bonds is 3. The number of hydrogen-bond donors (Lipinski definition) is 0. The minimum absolute atomic E-state index is 0.329. The molecule has 2 nitrogen and oxygen atoms in total. The topological polar surface area (TPSA) is 36.7 Å². The molecule has 0 amide bonds. The minimum Gasteiger partial charge on any atom is -0.235 e. The van der Waals surface area contributed by atoms with Crippen molar-refractivity contribution in [3.05, 3.63) is 46.2 Å². The van der Waals surface area contributed by atoms with Gasteiger partial charge < -0.3 is 0 Å². The highest BCUT2D eigenvalue weighted by atomic mass is 32.2. The maximum atomic E-state index is 13.6. The third-order valence-electron chi connectivity index (χ3n) is 2.13. The molecule has 17 heavy (non-hydrogen) atoms. The van der Waals surface area contributed by atoms with Gasteiger partial charge in [-0.3, -0.25) is 0 Å². The van der Waals surface area contributed by atoms with Crippen molar-refractivity contribution in [2.75, 3.05) is 0 Å². The van der Waals surface area contributed by atoms with E-state index < -0.39 is 0 Å². The quantitative estimate of drug-likeness (QED) is 0.792. The molecular formula is C12H9FN2S2. The van der Waals surface area contributed by atoms with E-state index in [2.05, 4.69) is 4.98 Å². The van der Waals surface area contributed by atoms with Crippen LogP contribution in [0.3, 0.4) is 0 Å². The molecule has 0 fully saturated rings. The highest BCUT2D eigenvalue weighted by Gasteiger charge is 2.06. The van der Waals surface area contributed by atoms with E-state index in [9.17, 15) is 4.39 Å². The molecule has 0 unspecified atom stereocenters. The van der Waals surface area contributed by atoms with Crippen molar-refractivity contribution in [2.45, 2.75) is 17.0 Å². The van der Waals surface area contributed by atoms with Gasteiger partial charge in [0, 0.05) is 16.8 Å². The Kier molecular flexibility index (Phi) is 3.77. The molecule has 1 aromatic heterocycles. The molecule has 0 N–H and O–H groups in total. The molecule has 5 heteroatoms. The summed E-state index contributed by atoms with van der Waals surface area (Å²) in [6.07, 6.45) is 0. The molecule has 0 saturated carbocycles. The summed E-state index contributed by atoms with van der Waals surface area (Å²) in [6, 6.07) is 6.47. The van der Waals surface area contributed by atoms with Crippen molar-refractivity contribution in [2.24, 2.45) is 0 Å². The Bertz CT molecular complexity index is 572. The van der Waals surface area contributed by atoms with Gasteiger partial charge in [0.05, 0.1) is 11.6 Å². The second kappa shape index (κ2) is 5.30. The van der Waals surface area contributed by atoms with Crippen LogP contribution in [0.25, 0.3) is 0 Å². The Morgan fingerprint density at radius 2 is 2.35 bits per heavy atom. The van der Waals surface area contributed by atoms with Crippen LogP contribution < -0.4 is 0 Å². The molecule has 86 valence electrons. The van der Waals surface area contributed by atoms with Gasteiger partial charge in [0.25, 0.3) is 0 Å². The van der Waals surface area contributed by atoms with Gasteiger partial charge in [0.2, 0.25) is 0 Å². The number of thiazole rings is 1. The first-order chi connectivity index (χ1) is 8.19. The lowest BCUT2D eigenvalue weighted by Gasteiger charge is -2.01. The first-order valence-electron chi connectivity index (χ1n) is 4.92. The number of halogens is 1. The van der Waals surface area contributed by atoms with E-state index in [-0.39, 0.29) is 5.82 Å². The van der Waals surface area contributed by atoms with Crippen LogP contribution in [0.1, 0.15) is 16.8 Å². The SMILES string of the molecule is Cc1csc(SCc2ccc(C#N)cc2F)n1. The number of benzene rings is 1. The minimum atomic E-state index is -0.329. The van der Waals surface area contributed by atoms with Crippen molar-refractivity contribution in [3.63, 3.8) is 0 Å². The second-order valence-corrected chi connectivity index (χ2v) is 5.54. The van der Waals surface area contributed by atoms with Crippen molar-refractivity contribution >= 4 is 23.1 Å². The Hall–Kier alpha value is -1.38. The fraction of sp³-hybridized carbons (Fsp3) is 0.167. The fourth-order valence-corrected chi connectivity index (χ4v) is 3.11. The molecular weight excluding hydrogens is 255 g/mol. The molecule has 0 bridgehead atoms. The summed E-state index contributed by atoms with van der Waals surface area (Å²) < 4.78 is 14.5. The van der Waals surface area contributed by atoms with Gasteiger partial charge in [-0.1, -0.05) is 17.8 Å². The van der Waals surface area contributed by atoms with Gasteiger partial charge in [0.1, 0.15) is 10.2 Å². The molecule has 0 atom stereocenters. The molecule has 0 radical (unpaired) electrons. The highest BCUT2D eigenvalue weighted by molar-refractivity contribution is 8.00. The van der Waals surface area contributed by atoms with Crippen LogP contribution in [0.4, 0.5) is 4.39 Å². The van der Waals surface area contributed by atoms with Gasteiger partial charge in [-0.2, -0.15) is 5.26 Å². The van der Waals surface area contributed by atoms with E-state index in [1.54, 1.807) is 23.5 Å². The largest absolute Gasteiger partial charge is 0.235 e. The van der Waals surface area contributed by atoms with E-state index in [1.165, 1.54) is 17.8 Å². The molecule has 2 rings (SSSR count). The summed E-state index contributed by atoms with van der Waals surface area (Å²) in [4.78, 5) is 4.30. The lowest BCUT2D eigenvalue weighted by atomic mass is 10.1. The van der Waals surface area contributed by atoms with Gasteiger partial charge in [0.15, 0.2) is 0 Å². The lowest BCUT2D eigenvalue weighted by Crippen LogP contribution is -1.89. The van der Waals surface area contributed by atoms with Gasteiger partial charge in [-0.15, -0.1) is 11.3 Å². The van der Waals surface area contributed by atoms with Crippen LogP contribution in [-0.2, 0) is 5.75 Å². The molecule has 0 aliphatic rings. The highest BCUT2D eigenvalue weighted by Crippen LogP contribution is 2.27. The smallest absolute Gasteiger partial charge is 0.150 e. The summed E-state index contributed by atoms with van der Waals surface area (Å²) in [5, 5.41) is 10.6. The number of nitriles is 1. The van der Waals surface area contributed by atoms with Crippen molar-refractivity contribution in [3.8, 4) is 6.07 Å². The van der Waals surface area contributed by atoms with E-state index >= 15 is 0 Å². The summed E-state index contributed by atoms with van der Waals surface area (Å²) in [7, 11) is 0. The predicted octanol–water partition coefficient (Wildman–Crippen LogP) is 3.75. The van der Waals surface area contributed by atoms with E-state index in [4.69, 9.17) is 5.26 Å². The van der Waals surface area contributed by atoms with Crippen molar-refractivity contribution in [1.29, 1.82) is 5.26 Å². The van der Waals surface area contributed by atoms with Crippen LogP contribution in [-0.4, -0.2) is 4.98 Å². The first-order valence-corrected chi connectivity index (χ1v) is 6.79. The predicted molar refractivity (Wildman–Crippen MR) is 67.5 cm³/mol. The maximum Gasteiger partial charge on any atom is 0.150 e. The summed E-state index contributed by atoms with van der Waals surface area (Å²) in [6.45, 7) is 1.93. The van der Waals surface area contributed by atoms with Gasteiger partial charge in [-0.25, -0.2) is 9.37 Å². The number of hydrogen-bond acceptors (Lipinski definition) is 4. The van der Waals surface area contributed by atoms with Crippen molar-refractivity contribution < 1.29 is 4.39 Å². The number of aryl methyl sites for hydroxylation is 1. The van der Waals surface area contributed by atoms with Crippen LogP contribution in [0, 0.1) is 24.1 Å². The molecule has 0 saturated heterocycles. The first kappa shape index (κ1) is 12.1. The lowest BCUT2D eigenvalue weighted by molar-refractivity contribution is 0.617. The Morgan fingerprint density at radius 3 is 2.94 bits per heavy atom. The summed E-state index contributed by atoms with van der Waals surface area (Å²) in [5.74, 6) is 0.203. The molecule has 1 aromatic carbocycles. The molecule has 2 aromatic rings.